The van der Waals surface area contributed by atoms with Crippen LogP contribution in [0.3, 0.4) is 0 Å². The van der Waals surface area contributed by atoms with Gasteiger partial charge in [0.2, 0.25) is 0 Å². The number of fused-ring (bicyclic) bond motifs is 1. The molecule has 1 N–H and O–H groups in total. The fourth-order valence-corrected chi connectivity index (χ4v) is 6.15. The number of rotatable bonds is 4. The predicted molar refractivity (Wildman–Crippen MR) is 113 cm³/mol. The van der Waals surface area contributed by atoms with Crippen molar-refractivity contribution in [3.05, 3.63) is 41.9 Å². The standard InChI is InChI=1S/C23H29N5O3/c1-15-17(9-25-28(15)21-7-2-3-8-24-21)22(30)27-10-19-18(12-29)20-11-26(16-5-4-6-16)13-23(19,14-27)31-20/h2-3,7-9,16,18-20,29H,4-6,10-14H2,1H3/t18-,19+,20+,23+/m0/s1. The van der Waals surface area contributed by atoms with Crippen LogP contribution in [-0.2, 0) is 4.74 Å². The minimum atomic E-state index is -0.355. The molecule has 8 heteroatoms. The summed E-state index contributed by atoms with van der Waals surface area (Å²) in [7, 11) is 0. The van der Waals surface area contributed by atoms with Crippen LogP contribution in [0.15, 0.2) is 30.6 Å². The van der Waals surface area contributed by atoms with E-state index in [0.717, 1.165) is 18.8 Å². The lowest BCUT2D eigenvalue weighted by molar-refractivity contribution is -0.132. The van der Waals surface area contributed by atoms with Gasteiger partial charge in [-0.05, 0) is 31.9 Å². The highest BCUT2D eigenvalue weighted by Gasteiger charge is 2.63. The highest BCUT2D eigenvalue weighted by atomic mass is 16.5. The topological polar surface area (TPSA) is 83.7 Å². The molecule has 4 fully saturated rings. The molecule has 6 rings (SSSR count). The summed E-state index contributed by atoms with van der Waals surface area (Å²) in [6.07, 6.45) is 7.26. The number of hydrogen-bond acceptors (Lipinski definition) is 6. The third-order valence-electron chi connectivity index (χ3n) is 8.01. The Kier molecular flexibility index (Phi) is 4.45. The molecule has 4 aliphatic rings. The van der Waals surface area contributed by atoms with Crippen LogP contribution in [0.25, 0.3) is 5.82 Å². The molecule has 31 heavy (non-hydrogen) atoms. The molecule has 2 aromatic rings. The zero-order valence-corrected chi connectivity index (χ0v) is 17.9. The van der Waals surface area contributed by atoms with Crippen molar-refractivity contribution in [3.63, 3.8) is 0 Å². The van der Waals surface area contributed by atoms with Gasteiger partial charge in [-0.2, -0.15) is 5.10 Å². The lowest BCUT2D eigenvalue weighted by Gasteiger charge is -2.46. The summed E-state index contributed by atoms with van der Waals surface area (Å²) in [5.41, 5.74) is 1.04. The van der Waals surface area contributed by atoms with Crippen LogP contribution >= 0.6 is 0 Å². The monoisotopic (exact) mass is 423 g/mol. The summed E-state index contributed by atoms with van der Waals surface area (Å²) in [4.78, 5) is 22.3. The van der Waals surface area contributed by atoms with Gasteiger partial charge in [-0.25, -0.2) is 9.67 Å². The molecular formula is C23H29N5O3. The number of nitrogens with zero attached hydrogens (tertiary/aromatic N) is 5. The third kappa shape index (κ3) is 2.88. The largest absolute Gasteiger partial charge is 0.396 e. The molecule has 1 spiro atoms. The van der Waals surface area contributed by atoms with Crippen molar-refractivity contribution in [1.82, 2.24) is 24.6 Å². The smallest absolute Gasteiger partial charge is 0.257 e. The first-order chi connectivity index (χ1) is 15.1. The van der Waals surface area contributed by atoms with Crippen LogP contribution in [0.5, 0.6) is 0 Å². The summed E-state index contributed by atoms with van der Waals surface area (Å²) in [6.45, 7) is 5.03. The van der Waals surface area contributed by atoms with Gasteiger partial charge < -0.3 is 14.7 Å². The van der Waals surface area contributed by atoms with E-state index in [-0.39, 0.29) is 36.1 Å². The molecule has 4 atom stereocenters. The molecule has 2 aromatic heterocycles. The highest BCUT2D eigenvalue weighted by Crippen LogP contribution is 2.50. The first kappa shape index (κ1) is 19.4. The van der Waals surface area contributed by atoms with Crippen LogP contribution in [-0.4, -0.2) is 86.1 Å². The lowest BCUT2D eigenvalue weighted by Crippen LogP contribution is -2.58. The van der Waals surface area contributed by atoms with E-state index in [1.54, 1.807) is 17.1 Å². The van der Waals surface area contributed by atoms with E-state index < -0.39 is 0 Å². The Labute approximate surface area is 181 Å². The number of amides is 1. The summed E-state index contributed by atoms with van der Waals surface area (Å²) in [5, 5.41) is 14.6. The van der Waals surface area contributed by atoms with Crippen LogP contribution in [0, 0.1) is 18.8 Å². The molecule has 3 aliphatic heterocycles. The minimum absolute atomic E-state index is 0.0129. The highest BCUT2D eigenvalue weighted by molar-refractivity contribution is 5.95. The Morgan fingerprint density at radius 1 is 1.29 bits per heavy atom. The number of aliphatic hydroxyl groups excluding tert-OH is 1. The van der Waals surface area contributed by atoms with Gasteiger partial charge in [-0.15, -0.1) is 0 Å². The number of morpholine rings is 1. The zero-order chi connectivity index (χ0) is 21.2. The molecular weight excluding hydrogens is 394 g/mol. The third-order valence-corrected chi connectivity index (χ3v) is 8.01. The Morgan fingerprint density at radius 2 is 2.16 bits per heavy atom. The number of aliphatic hydroxyl groups is 1. The SMILES string of the molecule is Cc1c(C(=O)N2C[C@@H]3[C@H](CO)[C@H]4CN(C5CCC5)C[C@]3(C2)O4)cnn1-c1ccccn1. The van der Waals surface area contributed by atoms with Crippen molar-refractivity contribution in [2.24, 2.45) is 11.8 Å². The Balaban J connectivity index is 1.26. The normalized spacial score (nSPS) is 32.8. The Morgan fingerprint density at radius 3 is 2.87 bits per heavy atom. The number of hydrogen-bond donors (Lipinski definition) is 1. The van der Waals surface area contributed by atoms with Gasteiger partial charge >= 0.3 is 0 Å². The van der Waals surface area contributed by atoms with Crippen LogP contribution in [0.1, 0.15) is 35.3 Å². The molecule has 1 aliphatic carbocycles. The summed E-state index contributed by atoms with van der Waals surface area (Å²) in [5.74, 6) is 0.967. The van der Waals surface area contributed by atoms with Crippen molar-refractivity contribution < 1.29 is 14.6 Å². The van der Waals surface area contributed by atoms with Crippen LogP contribution in [0.4, 0.5) is 0 Å². The van der Waals surface area contributed by atoms with E-state index >= 15 is 0 Å². The van der Waals surface area contributed by atoms with E-state index in [1.165, 1.54) is 19.3 Å². The predicted octanol–water partition coefficient (Wildman–Crippen LogP) is 1.26. The lowest BCUT2D eigenvalue weighted by atomic mass is 9.83. The Hall–Kier alpha value is -2.29. The maximum atomic E-state index is 13.5. The number of pyridine rings is 1. The van der Waals surface area contributed by atoms with Crippen molar-refractivity contribution in [2.45, 2.75) is 43.9 Å². The van der Waals surface area contributed by atoms with E-state index in [9.17, 15) is 9.90 Å². The maximum absolute atomic E-state index is 13.5. The first-order valence-corrected chi connectivity index (χ1v) is 11.4. The number of carbonyl (C=O) groups is 1. The van der Waals surface area contributed by atoms with E-state index in [0.29, 0.717) is 30.5 Å². The molecule has 0 aromatic carbocycles. The van der Waals surface area contributed by atoms with Crippen molar-refractivity contribution >= 4 is 5.91 Å². The summed E-state index contributed by atoms with van der Waals surface area (Å²) < 4.78 is 8.27. The van der Waals surface area contributed by atoms with E-state index in [4.69, 9.17) is 4.74 Å². The number of aromatic nitrogens is 3. The molecule has 0 unspecified atom stereocenters. The van der Waals surface area contributed by atoms with Crippen LogP contribution < -0.4 is 0 Å². The molecule has 164 valence electrons. The van der Waals surface area contributed by atoms with Gasteiger partial charge in [0.15, 0.2) is 5.82 Å². The molecule has 5 heterocycles. The van der Waals surface area contributed by atoms with Crippen molar-refractivity contribution in [2.75, 3.05) is 32.8 Å². The van der Waals surface area contributed by atoms with Crippen molar-refractivity contribution in [3.8, 4) is 5.82 Å². The Bertz CT molecular complexity index is 990. The fraction of sp³-hybridized carbons (Fsp3) is 0.609. The fourth-order valence-electron chi connectivity index (χ4n) is 6.15. The second-order valence-corrected chi connectivity index (χ2v) is 9.62. The average molecular weight is 424 g/mol. The van der Waals surface area contributed by atoms with Gasteiger partial charge in [-0.1, -0.05) is 12.5 Å². The molecule has 1 amide bonds. The van der Waals surface area contributed by atoms with Gasteiger partial charge in [0.25, 0.3) is 5.91 Å². The number of ether oxygens (including phenoxy) is 1. The molecule has 8 nitrogen and oxygen atoms in total. The molecule has 1 saturated carbocycles. The van der Waals surface area contributed by atoms with Gasteiger partial charge in [0, 0.05) is 50.3 Å². The van der Waals surface area contributed by atoms with Gasteiger partial charge in [0.1, 0.15) is 5.60 Å². The van der Waals surface area contributed by atoms with Crippen LogP contribution in [0.2, 0.25) is 0 Å². The second-order valence-electron chi connectivity index (χ2n) is 9.62. The second kappa shape index (κ2) is 7.12. The van der Waals surface area contributed by atoms with Gasteiger partial charge in [0.05, 0.1) is 30.1 Å². The maximum Gasteiger partial charge on any atom is 0.257 e. The van der Waals surface area contributed by atoms with Crippen molar-refractivity contribution in [1.29, 1.82) is 0 Å². The number of carbonyl (C=O) groups excluding carboxylic acids is 1. The van der Waals surface area contributed by atoms with E-state index in [2.05, 4.69) is 15.0 Å². The quantitative estimate of drug-likeness (QED) is 0.797. The summed E-state index contributed by atoms with van der Waals surface area (Å²) in [6, 6.07) is 6.29. The average Bonchev–Trinajstić information content (AvgIpc) is 3.34. The minimum Gasteiger partial charge on any atom is -0.396 e. The van der Waals surface area contributed by atoms with E-state index in [1.807, 2.05) is 30.0 Å². The first-order valence-electron chi connectivity index (χ1n) is 11.4. The zero-order valence-electron chi connectivity index (χ0n) is 17.9. The molecule has 3 saturated heterocycles. The summed E-state index contributed by atoms with van der Waals surface area (Å²) >= 11 is 0. The number of likely N-dealkylation sites (tertiary alicyclic amines) is 2. The molecule has 0 radical (unpaired) electrons. The molecule has 2 bridgehead atoms. The van der Waals surface area contributed by atoms with Gasteiger partial charge in [-0.3, -0.25) is 9.69 Å².